The zero-order valence-corrected chi connectivity index (χ0v) is 12.8. The van der Waals surface area contributed by atoms with Crippen molar-refractivity contribution in [2.24, 2.45) is 5.73 Å². The normalized spacial score (nSPS) is 10.9. The molecule has 0 aliphatic rings. The van der Waals surface area contributed by atoms with Crippen LogP contribution in [0.15, 0.2) is 33.9 Å². The van der Waals surface area contributed by atoms with Crippen molar-refractivity contribution in [3.05, 3.63) is 40.7 Å². The lowest BCUT2D eigenvalue weighted by atomic mass is 10.2. The molecule has 108 valence electrons. The molecule has 0 aliphatic heterocycles. The van der Waals surface area contributed by atoms with E-state index in [4.69, 9.17) is 21.8 Å². The lowest BCUT2D eigenvalue weighted by Gasteiger charge is -2.00. The number of aryl methyl sites for hydroxylation is 1. The smallest absolute Gasteiger partial charge is 0.276 e. The fraction of sp³-hybridized carbons (Fsp3) is 0.429. The maximum atomic E-state index is 6.10. The van der Waals surface area contributed by atoms with Crippen LogP contribution < -0.4 is 5.73 Å². The summed E-state index contributed by atoms with van der Waals surface area (Å²) >= 11 is 7.61. The number of unbranched alkanes of at least 4 members (excludes halogenated alkanes) is 2. The van der Waals surface area contributed by atoms with E-state index in [0.29, 0.717) is 11.1 Å². The lowest BCUT2D eigenvalue weighted by Crippen LogP contribution is -1.98. The Labute approximate surface area is 128 Å². The second-order valence-electron chi connectivity index (χ2n) is 4.44. The van der Waals surface area contributed by atoms with Crippen LogP contribution >= 0.6 is 23.4 Å². The quantitative estimate of drug-likeness (QED) is 0.595. The number of thioether (sulfide) groups is 1. The van der Waals surface area contributed by atoms with Gasteiger partial charge in [-0.2, -0.15) is 0 Å². The first-order valence-electron chi connectivity index (χ1n) is 6.68. The molecule has 6 heteroatoms. The van der Waals surface area contributed by atoms with Crippen molar-refractivity contribution in [2.45, 2.75) is 36.7 Å². The predicted molar refractivity (Wildman–Crippen MR) is 81.9 cm³/mol. The van der Waals surface area contributed by atoms with Crippen molar-refractivity contribution in [1.29, 1.82) is 0 Å². The van der Waals surface area contributed by atoms with Gasteiger partial charge < -0.3 is 10.2 Å². The molecule has 0 atom stereocenters. The summed E-state index contributed by atoms with van der Waals surface area (Å²) in [5.74, 6) is 1.43. The number of halogens is 1. The van der Waals surface area contributed by atoms with Crippen LogP contribution in [-0.4, -0.2) is 16.7 Å². The molecule has 4 nitrogen and oxygen atoms in total. The lowest BCUT2D eigenvalue weighted by molar-refractivity contribution is 0.407. The molecule has 0 amide bonds. The maximum Gasteiger partial charge on any atom is 0.276 e. The van der Waals surface area contributed by atoms with Crippen LogP contribution in [0, 0.1) is 0 Å². The Bertz CT molecular complexity index is 533. The fourth-order valence-electron chi connectivity index (χ4n) is 1.75. The van der Waals surface area contributed by atoms with Crippen molar-refractivity contribution in [3.63, 3.8) is 0 Å². The Hall–Kier alpha value is -1.04. The van der Waals surface area contributed by atoms with E-state index in [-0.39, 0.29) is 0 Å². The standard InChI is InChI=1S/C14H18ClN3OS/c15-12-7-4-3-6-11(12)10-20-14-18-17-13(19-14)8-2-1-5-9-16/h3-4,6-7H,1-2,5,8-10,16H2. The van der Waals surface area contributed by atoms with Crippen LogP contribution in [0.5, 0.6) is 0 Å². The van der Waals surface area contributed by atoms with Gasteiger partial charge in [-0.1, -0.05) is 48.0 Å². The van der Waals surface area contributed by atoms with Gasteiger partial charge in [-0.15, -0.1) is 10.2 Å². The number of benzene rings is 1. The highest BCUT2D eigenvalue weighted by Crippen LogP contribution is 2.25. The van der Waals surface area contributed by atoms with Crippen LogP contribution in [0.25, 0.3) is 0 Å². The minimum atomic E-state index is 0.596. The Morgan fingerprint density at radius 1 is 1.15 bits per heavy atom. The predicted octanol–water partition coefficient (Wildman–Crippen LogP) is 3.69. The van der Waals surface area contributed by atoms with Gasteiger partial charge in [0.2, 0.25) is 5.89 Å². The first-order chi connectivity index (χ1) is 9.79. The van der Waals surface area contributed by atoms with Gasteiger partial charge in [0.1, 0.15) is 0 Å². The van der Waals surface area contributed by atoms with E-state index in [2.05, 4.69) is 10.2 Å². The van der Waals surface area contributed by atoms with Crippen LogP contribution in [0.3, 0.4) is 0 Å². The molecular weight excluding hydrogens is 294 g/mol. The van der Waals surface area contributed by atoms with Crippen molar-refractivity contribution in [2.75, 3.05) is 6.54 Å². The highest BCUT2D eigenvalue weighted by Gasteiger charge is 2.08. The van der Waals surface area contributed by atoms with Gasteiger partial charge in [0, 0.05) is 17.2 Å². The first-order valence-corrected chi connectivity index (χ1v) is 8.04. The largest absolute Gasteiger partial charge is 0.416 e. The third-order valence-electron chi connectivity index (χ3n) is 2.85. The van der Waals surface area contributed by atoms with E-state index in [1.165, 1.54) is 11.8 Å². The summed E-state index contributed by atoms with van der Waals surface area (Å²) in [7, 11) is 0. The summed E-state index contributed by atoms with van der Waals surface area (Å²) in [6.45, 7) is 0.739. The molecule has 0 unspecified atom stereocenters. The Morgan fingerprint density at radius 2 is 2.00 bits per heavy atom. The molecule has 0 spiro atoms. The van der Waals surface area contributed by atoms with Gasteiger partial charge in [-0.05, 0) is 31.0 Å². The highest BCUT2D eigenvalue weighted by atomic mass is 35.5. The van der Waals surface area contributed by atoms with Gasteiger partial charge in [0.15, 0.2) is 0 Å². The van der Waals surface area contributed by atoms with Crippen LogP contribution in [0.2, 0.25) is 5.02 Å². The average Bonchev–Trinajstić information content (AvgIpc) is 2.91. The van der Waals surface area contributed by atoms with Gasteiger partial charge in [0.25, 0.3) is 5.22 Å². The second-order valence-corrected chi connectivity index (χ2v) is 5.77. The Kier molecular flexibility index (Phi) is 6.36. The number of hydrogen-bond acceptors (Lipinski definition) is 5. The minimum Gasteiger partial charge on any atom is -0.416 e. The molecule has 0 aliphatic carbocycles. The van der Waals surface area contributed by atoms with E-state index in [9.17, 15) is 0 Å². The summed E-state index contributed by atoms with van der Waals surface area (Å²) in [6, 6.07) is 7.77. The monoisotopic (exact) mass is 311 g/mol. The molecule has 0 saturated heterocycles. The van der Waals surface area contributed by atoms with E-state index in [1.54, 1.807) is 0 Å². The fourth-order valence-corrected chi connectivity index (χ4v) is 2.82. The van der Waals surface area contributed by atoms with Gasteiger partial charge >= 0.3 is 0 Å². The summed E-state index contributed by atoms with van der Waals surface area (Å²) in [4.78, 5) is 0. The van der Waals surface area contributed by atoms with Crippen LogP contribution in [0.4, 0.5) is 0 Å². The molecule has 2 aromatic rings. The molecule has 20 heavy (non-hydrogen) atoms. The minimum absolute atomic E-state index is 0.596. The second kappa shape index (κ2) is 8.29. The number of nitrogens with zero attached hydrogens (tertiary/aromatic N) is 2. The van der Waals surface area contributed by atoms with Gasteiger partial charge in [0.05, 0.1) is 0 Å². The average molecular weight is 312 g/mol. The molecule has 2 rings (SSSR count). The van der Waals surface area contributed by atoms with E-state index in [0.717, 1.165) is 48.6 Å². The number of aromatic nitrogens is 2. The van der Waals surface area contributed by atoms with Gasteiger partial charge in [-0.25, -0.2) is 0 Å². The van der Waals surface area contributed by atoms with E-state index < -0.39 is 0 Å². The topological polar surface area (TPSA) is 64.9 Å². The number of rotatable bonds is 8. The summed E-state index contributed by atoms with van der Waals surface area (Å²) in [6.07, 6.45) is 4.00. The van der Waals surface area contributed by atoms with Gasteiger partial charge in [-0.3, -0.25) is 0 Å². The van der Waals surface area contributed by atoms with Crippen LogP contribution in [0.1, 0.15) is 30.7 Å². The Balaban J connectivity index is 1.79. The summed E-state index contributed by atoms with van der Waals surface area (Å²) in [5, 5.41) is 9.45. The molecule has 2 N–H and O–H groups in total. The molecular formula is C14H18ClN3OS. The summed E-state index contributed by atoms with van der Waals surface area (Å²) < 4.78 is 5.59. The zero-order valence-electron chi connectivity index (χ0n) is 11.2. The SMILES string of the molecule is NCCCCCc1nnc(SCc2ccccc2Cl)o1. The first kappa shape index (κ1) is 15.4. The molecule has 0 saturated carbocycles. The molecule has 1 aromatic carbocycles. The molecule has 0 radical (unpaired) electrons. The zero-order chi connectivity index (χ0) is 14.2. The van der Waals surface area contributed by atoms with Crippen molar-refractivity contribution in [3.8, 4) is 0 Å². The molecule has 0 fully saturated rings. The van der Waals surface area contributed by atoms with Crippen LogP contribution in [-0.2, 0) is 12.2 Å². The van der Waals surface area contributed by atoms with E-state index >= 15 is 0 Å². The third-order valence-corrected chi connectivity index (χ3v) is 4.09. The number of hydrogen-bond donors (Lipinski definition) is 1. The summed E-state index contributed by atoms with van der Waals surface area (Å²) in [5.41, 5.74) is 6.52. The third kappa shape index (κ3) is 4.81. The molecule has 1 aromatic heterocycles. The van der Waals surface area contributed by atoms with Crippen molar-refractivity contribution >= 4 is 23.4 Å². The molecule has 0 bridgehead atoms. The highest BCUT2D eigenvalue weighted by molar-refractivity contribution is 7.98. The maximum absolute atomic E-state index is 6.10. The number of nitrogens with two attached hydrogens (primary N) is 1. The van der Waals surface area contributed by atoms with Crippen molar-refractivity contribution < 1.29 is 4.42 Å². The Morgan fingerprint density at radius 3 is 2.80 bits per heavy atom. The van der Waals surface area contributed by atoms with E-state index in [1.807, 2.05) is 24.3 Å². The van der Waals surface area contributed by atoms with Crippen molar-refractivity contribution in [1.82, 2.24) is 10.2 Å². The molecule has 1 heterocycles.